The van der Waals surface area contributed by atoms with Gasteiger partial charge in [-0.2, -0.15) is 0 Å². The van der Waals surface area contributed by atoms with Crippen LogP contribution in [-0.4, -0.2) is 26.8 Å². The number of esters is 1. The molecule has 0 aliphatic rings. The van der Waals surface area contributed by atoms with E-state index < -0.39 is 0 Å². The maximum absolute atomic E-state index is 11.1. The molecular weight excluding hydrogens is 168 g/mol. The van der Waals surface area contributed by atoms with E-state index in [9.17, 15) is 4.79 Å². The lowest BCUT2D eigenvalue weighted by Gasteiger charge is -2.03. The molecule has 0 aromatic rings. The lowest BCUT2D eigenvalue weighted by atomic mass is 10.2. The van der Waals surface area contributed by atoms with Crippen molar-refractivity contribution in [3.8, 4) is 0 Å². The molecule has 0 saturated carbocycles. The second-order valence-electron chi connectivity index (χ2n) is 2.80. The largest absolute Gasteiger partial charge is 0.466 e. The van der Waals surface area contributed by atoms with Gasteiger partial charge in [0.25, 0.3) is 0 Å². The Morgan fingerprint density at radius 3 is 2.54 bits per heavy atom. The Hall–Kier alpha value is -0.830. The average molecular weight is 186 g/mol. The fourth-order valence-electron chi connectivity index (χ4n) is 0.968. The van der Waals surface area contributed by atoms with Crippen molar-refractivity contribution in [3.63, 3.8) is 0 Å². The van der Waals surface area contributed by atoms with Crippen molar-refractivity contribution in [2.45, 2.75) is 26.2 Å². The fourth-order valence-corrected chi connectivity index (χ4v) is 0.968. The molecule has 0 aromatic carbocycles. The molecule has 13 heavy (non-hydrogen) atoms. The fraction of sp³-hybridized carbons (Fsp3) is 0.700. The summed E-state index contributed by atoms with van der Waals surface area (Å²) in [4.78, 5) is 11.1. The number of unbranched alkanes of at least 4 members (excludes halogenated alkanes) is 2. The van der Waals surface area contributed by atoms with Gasteiger partial charge in [-0.3, -0.25) is 0 Å². The van der Waals surface area contributed by atoms with Crippen LogP contribution in [0.2, 0.25) is 0 Å². The number of hydrogen-bond acceptors (Lipinski definition) is 3. The van der Waals surface area contributed by atoms with Gasteiger partial charge in [0.2, 0.25) is 0 Å². The molecule has 3 heteroatoms. The predicted octanol–water partition coefficient (Wildman–Crippen LogP) is 1.92. The van der Waals surface area contributed by atoms with Crippen molar-refractivity contribution in [2.75, 3.05) is 20.8 Å². The molecule has 76 valence electrons. The first-order valence-electron chi connectivity index (χ1n) is 4.52. The van der Waals surface area contributed by atoms with Crippen LogP contribution in [0, 0.1) is 0 Å². The number of hydrogen-bond donors (Lipinski definition) is 0. The molecule has 0 unspecified atom stereocenters. The summed E-state index contributed by atoms with van der Waals surface area (Å²) in [5.74, 6) is -0.294. The minimum atomic E-state index is -0.294. The molecule has 0 aliphatic heterocycles. The molecule has 0 aliphatic carbocycles. The topological polar surface area (TPSA) is 35.5 Å². The van der Waals surface area contributed by atoms with E-state index in [-0.39, 0.29) is 5.97 Å². The van der Waals surface area contributed by atoms with Crippen LogP contribution in [0.5, 0.6) is 0 Å². The quantitative estimate of drug-likeness (QED) is 0.361. The molecule has 0 atom stereocenters. The van der Waals surface area contributed by atoms with E-state index in [2.05, 4.69) is 11.7 Å². The van der Waals surface area contributed by atoms with Crippen LogP contribution in [0.15, 0.2) is 11.6 Å². The van der Waals surface area contributed by atoms with Gasteiger partial charge in [0, 0.05) is 7.11 Å². The molecule has 0 fully saturated rings. The molecule has 0 bridgehead atoms. The molecule has 0 spiro atoms. The van der Waals surface area contributed by atoms with Crippen molar-refractivity contribution in [2.24, 2.45) is 0 Å². The summed E-state index contributed by atoms with van der Waals surface area (Å²) in [6, 6.07) is 0. The van der Waals surface area contributed by atoms with Crippen LogP contribution < -0.4 is 0 Å². The molecule has 3 nitrogen and oxygen atoms in total. The summed E-state index contributed by atoms with van der Waals surface area (Å²) >= 11 is 0. The molecule has 0 saturated heterocycles. The molecule has 0 rings (SSSR count). The number of allylic oxidation sites excluding steroid dienone is 1. The summed E-state index contributed by atoms with van der Waals surface area (Å²) in [7, 11) is 2.95. The van der Waals surface area contributed by atoms with Gasteiger partial charge in [-0.25, -0.2) is 4.79 Å². The molecule has 0 aromatic heterocycles. The summed E-state index contributed by atoms with van der Waals surface area (Å²) < 4.78 is 9.50. The third-order valence-electron chi connectivity index (χ3n) is 1.70. The first-order chi connectivity index (χ1) is 6.26. The molecule has 0 amide bonds. The number of carbonyl (C=O) groups excluding carboxylic acids is 1. The van der Waals surface area contributed by atoms with E-state index in [0.717, 1.165) is 19.3 Å². The van der Waals surface area contributed by atoms with Gasteiger partial charge in [-0.15, -0.1) is 0 Å². The van der Waals surface area contributed by atoms with Crippen LogP contribution in [0.1, 0.15) is 26.2 Å². The van der Waals surface area contributed by atoms with Gasteiger partial charge in [-0.05, 0) is 6.42 Å². The van der Waals surface area contributed by atoms with Crippen LogP contribution in [0.25, 0.3) is 0 Å². The smallest absolute Gasteiger partial charge is 0.335 e. The second-order valence-corrected chi connectivity index (χ2v) is 2.80. The summed E-state index contributed by atoms with van der Waals surface area (Å²) in [5, 5.41) is 0. The van der Waals surface area contributed by atoms with Gasteiger partial charge in [0.1, 0.15) is 0 Å². The van der Waals surface area contributed by atoms with E-state index in [1.165, 1.54) is 7.11 Å². The highest BCUT2D eigenvalue weighted by molar-refractivity contribution is 5.88. The SMILES string of the molecule is CCCCC=C(COC)C(=O)OC. The lowest BCUT2D eigenvalue weighted by molar-refractivity contribution is -0.136. The third kappa shape index (κ3) is 5.42. The van der Waals surface area contributed by atoms with Crippen molar-refractivity contribution >= 4 is 5.97 Å². The maximum atomic E-state index is 11.1. The maximum Gasteiger partial charge on any atom is 0.335 e. The minimum Gasteiger partial charge on any atom is -0.466 e. The number of methoxy groups -OCH3 is 2. The van der Waals surface area contributed by atoms with E-state index in [1.807, 2.05) is 6.08 Å². The Bertz CT molecular complexity index is 173. The predicted molar refractivity (Wildman–Crippen MR) is 51.5 cm³/mol. The monoisotopic (exact) mass is 186 g/mol. The van der Waals surface area contributed by atoms with Gasteiger partial charge < -0.3 is 9.47 Å². The number of ether oxygens (including phenoxy) is 2. The van der Waals surface area contributed by atoms with E-state index in [1.54, 1.807) is 7.11 Å². The Kier molecular flexibility index (Phi) is 7.30. The zero-order valence-electron chi connectivity index (χ0n) is 8.63. The van der Waals surface area contributed by atoms with Crippen molar-refractivity contribution < 1.29 is 14.3 Å². The Balaban J connectivity index is 4.05. The summed E-state index contributed by atoms with van der Waals surface area (Å²) in [5.41, 5.74) is 0.610. The van der Waals surface area contributed by atoms with Crippen molar-refractivity contribution in [3.05, 3.63) is 11.6 Å². The van der Waals surface area contributed by atoms with Crippen molar-refractivity contribution in [1.29, 1.82) is 0 Å². The average Bonchev–Trinajstić information content (AvgIpc) is 2.16. The van der Waals surface area contributed by atoms with Crippen LogP contribution in [0.3, 0.4) is 0 Å². The van der Waals surface area contributed by atoms with Gasteiger partial charge >= 0.3 is 5.97 Å². The molecule has 0 heterocycles. The van der Waals surface area contributed by atoms with E-state index in [4.69, 9.17) is 4.74 Å². The molecular formula is C10H18O3. The highest BCUT2D eigenvalue weighted by Gasteiger charge is 2.07. The molecule has 0 radical (unpaired) electrons. The van der Waals surface area contributed by atoms with Crippen LogP contribution in [0.4, 0.5) is 0 Å². The normalized spacial score (nSPS) is 11.5. The Morgan fingerprint density at radius 2 is 2.08 bits per heavy atom. The first-order valence-corrected chi connectivity index (χ1v) is 4.52. The standard InChI is InChI=1S/C10H18O3/c1-4-5-6-7-9(8-12-2)10(11)13-3/h7H,4-6,8H2,1-3H3. The number of rotatable bonds is 6. The van der Waals surface area contributed by atoms with Crippen molar-refractivity contribution in [1.82, 2.24) is 0 Å². The summed E-state index contributed by atoms with van der Waals surface area (Å²) in [6.45, 7) is 2.44. The highest BCUT2D eigenvalue weighted by atomic mass is 16.5. The Labute approximate surface area is 79.7 Å². The van der Waals surface area contributed by atoms with Crippen LogP contribution in [-0.2, 0) is 14.3 Å². The lowest BCUT2D eigenvalue weighted by Crippen LogP contribution is -2.09. The van der Waals surface area contributed by atoms with Gasteiger partial charge in [0.15, 0.2) is 0 Å². The third-order valence-corrected chi connectivity index (χ3v) is 1.70. The van der Waals surface area contributed by atoms with Crippen LogP contribution >= 0.6 is 0 Å². The summed E-state index contributed by atoms with van der Waals surface area (Å²) in [6.07, 6.45) is 5.01. The zero-order valence-corrected chi connectivity index (χ0v) is 8.63. The van der Waals surface area contributed by atoms with E-state index in [0.29, 0.717) is 12.2 Å². The molecule has 0 N–H and O–H groups in total. The number of carbonyl (C=O) groups is 1. The highest BCUT2D eigenvalue weighted by Crippen LogP contribution is 2.03. The zero-order chi connectivity index (χ0) is 10.1. The van der Waals surface area contributed by atoms with Gasteiger partial charge in [-0.1, -0.05) is 25.8 Å². The first kappa shape index (κ1) is 12.2. The second kappa shape index (κ2) is 7.80. The van der Waals surface area contributed by atoms with Gasteiger partial charge in [0.05, 0.1) is 19.3 Å². The van der Waals surface area contributed by atoms with E-state index >= 15 is 0 Å². The minimum absolute atomic E-state index is 0.294. The Morgan fingerprint density at radius 1 is 1.38 bits per heavy atom.